The second-order valence-corrected chi connectivity index (χ2v) is 7.39. The molecular formula is C19H16ClN7O2. The van der Waals surface area contributed by atoms with Crippen molar-refractivity contribution in [2.45, 2.75) is 26.2 Å². The summed E-state index contributed by atoms with van der Waals surface area (Å²) >= 11 is 6.10. The summed E-state index contributed by atoms with van der Waals surface area (Å²) < 4.78 is 3.25. The number of benzene rings is 1. The summed E-state index contributed by atoms with van der Waals surface area (Å²) in [6.07, 6.45) is 0.262. The van der Waals surface area contributed by atoms with Crippen molar-refractivity contribution in [3.8, 4) is 11.6 Å². The summed E-state index contributed by atoms with van der Waals surface area (Å²) in [7, 11) is 0. The summed E-state index contributed by atoms with van der Waals surface area (Å²) in [4.78, 5) is 12.5. The lowest BCUT2D eigenvalue weighted by atomic mass is 9.86. The minimum atomic E-state index is -0.231. The SMILES string of the molecule is Cc1nn(-c2ccc3nnc(C)n3n2)c2c1[C@H](c1ccc(O)c(Cl)c1)CC(=O)N2. The fraction of sp³-hybridized carbons (Fsp3) is 0.211. The Morgan fingerprint density at radius 3 is 2.79 bits per heavy atom. The maximum Gasteiger partial charge on any atom is 0.226 e. The molecule has 0 bridgehead atoms. The van der Waals surface area contributed by atoms with Gasteiger partial charge in [0.1, 0.15) is 11.6 Å². The molecule has 1 aliphatic heterocycles. The number of phenols is 1. The Balaban J connectivity index is 1.68. The number of aromatic nitrogens is 6. The Morgan fingerprint density at radius 2 is 2.00 bits per heavy atom. The number of nitrogens with one attached hydrogen (secondary N) is 1. The molecule has 4 heterocycles. The molecule has 0 unspecified atom stereocenters. The van der Waals surface area contributed by atoms with E-state index in [1.807, 2.05) is 13.8 Å². The maximum atomic E-state index is 12.5. The molecule has 1 aromatic carbocycles. The normalized spacial score (nSPS) is 16.1. The molecule has 0 spiro atoms. The molecular weight excluding hydrogens is 394 g/mol. The van der Waals surface area contributed by atoms with E-state index in [2.05, 4.69) is 25.7 Å². The highest BCUT2D eigenvalue weighted by Crippen LogP contribution is 2.41. The van der Waals surface area contributed by atoms with Crippen LogP contribution < -0.4 is 5.32 Å². The molecule has 10 heteroatoms. The highest BCUT2D eigenvalue weighted by atomic mass is 35.5. The van der Waals surface area contributed by atoms with Crippen LogP contribution in [0, 0.1) is 13.8 Å². The van der Waals surface area contributed by atoms with Crippen LogP contribution in [0.2, 0.25) is 5.02 Å². The molecule has 0 fully saturated rings. The van der Waals surface area contributed by atoms with Crippen molar-refractivity contribution in [2.24, 2.45) is 0 Å². The molecule has 5 rings (SSSR count). The van der Waals surface area contributed by atoms with Gasteiger partial charge in [-0.2, -0.15) is 14.3 Å². The van der Waals surface area contributed by atoms with Gasteiger partial charge < -0.3 is 10.4 Å². The maximum absolute atomic E-state index is 12.5. The van der Waals surface area contributed by atoms with Gasteiger partial charge >= 0.3 is 0 Å². The van der Waals surface area contributed by atoms with Gasteiger partial charge in [0.25, 0.3) is 0 Å². The molecule has 9 nitrogen and oxygen atoms in total. The number of amides is 1. The largest absolute Gasteiger partial charge is 0.506 e. The van der Waals surface area contributed by atoms with Crippen molar-refractivity contribution >= 4 is 29.0 Å². The number of aromatic hydroxyl groups is 1. The predicted molar refractivity (Wildman–Crippen MR) is 106 cm³/mol. The highest BCUT2D eigenvalue weighted by Gasteiger charge is 2.33. The Hall–Kier alpha value is -3.46. The van der Waals surface area contributed by atoms with E-state index in [0.717, 1.165) is 16.8 Å². The molecule has 2 N–H and O–H groups in total. The van der Waals surface area contributed by atoms with Crippen molar-refractivity contribution in [2.75, 3.05) is 5.32 Å². The van der Waals surface area contributed by atoms with Crippen molar-refractivity contribution in [3.63, 3.8) is 0 Å². The number of anilines is 1. The average Bonchev–Trinajstić information content (AvgIpc) is 3.23. The summed E-state index contributed by atoms with van der Waals surface area (Å²) in [6, 6.07) is 8.58. The molecule has 1 aliphatic rings. The number of halogens is 1. The van der Waals surface area contributed by atoms with Crippen LogP contribution in [-0.4, -0.2) is 40.6 Å². The second kappa shape index (κ2) is 6.28. The topological polar surface area (TPSA) is 110 Å². The summed E-state index contributed by atoms with van der Waals surface area (Å²) in [5.41, 5.74) is 3.14. The molecule has 146 valence electrons. The predicted octanol–water partition coefficient (Wildman–Crippen LogP) is 2.76. The number of carbonyl (C=O) groups excluding carboxylic acids is 1. The van der Waals surface area contributed by atoms with E-state index in [-0.39, 0.29) is 29.0 Å². The van der Waals surface area contributed by atoms with Crippen LogP contribution in [0.1, 0.15) is 35.0 Å². The molecule has 3 aromatic heterocycles. The van der Waals surface area contributed by atoms with E-state index < -0.39 is 0 Å². The number of fused-ring (bicyclic) bond motifs is 2. The van der Waals surface area contributed by atoms with Crippen LogP contribution >= 0.6 is 11.6 Å². The number of aryl methyl sites for hydroxylation is 2. The van der Waals surface area contributed by atoms with E-state index in [4.69, 9.17) is 11.6 Å². The highest BCUT2D eigenvalue weighted by molar-refractivity contribution is 6.32. The van der Waals surface area contributed by atoms with E-state index in [1.54, 1.807) is 33.5 Å². The Kier molecular flexibility index (Phi) is 3.82. The van der Waals surface area contributed by atoms with E-state index in [9.17, 15) is 9.90 Å². The molecule has 1 amide bonds. The van der Waals surface area contributed by atoms with Gasteiger partial charge in [0.05, 0.1) is 10.7 Å². The molecule has 29 heavy (non-hydrogen) atoms. The van der Waals surface area contributed by atoms with Crippen LogP contribution in [-0.2, 0) is 4.79 Å². The Labute approximate surface area is 169 Å². The smallest absolute Gasteiger partial charge is 0.226 e. The molecule has 0 saturated heterocycles. The minimum absolute atomic E-state index is 0.00475. The fourth-order valence-electron chi connectivity index (χ4n) is 3.74. The number of nitrogens with zero attached hydrogens (tertiary/aromatic N) is 6. The summed E-state index contributed by atoms with van der Waals surface area (Å²) in [5, 5.41) is 30.2. The van der Waals surface area contributed by atoms with Crippen molar-refractivity contribution in [1.82, 2.24) is 29.6 Å². The molecule has 0 aliphatic carbocycles. The number of rotatable bonds is 2. The van der Waals surface area contributed by atoms with Crippen LogP contribution in [0.25, 0.3) is 11.5 Å². The Morgan fingerprint density at radius 1 is 1.17 bits per heavy atom. The van der Waals surface area contributed by atoms with E-state index in [0.29, 0.717) is 23.1 Å². The lowest BCUT2D eigenvalue weighted by molar-refractivity contribution is -0.116. The number of carbonyl (C=O) groups is 1. The van der Waals surface area contributed by atoms with Gasteiger partial charge in [-0.3, -0.25) is 4.79 Å². The van der Waals surface area contributed by atoms with Crippen LogP contribution in [0.5, 0.6) is 5.75 Å². The van der Waals surface area contributed by atoms with Gasteiger partial charge in [-0.25, -0.2) is 0 Å². The zero-order chi connectivity index (χ0) is 20.3. The molecule has 4 aromatic rings. The molecule has 1 atom stereocenters. The van der Waals surface area contributed by atoms with E-state index in [1.165, 1.54) is 6.07 Å². The molecule has 0 radical (unpaired) electrons. The lowest BCUT2D eigenvalue weighted by Crippen LogP contribution is -2.25. The van der Waals surface area contributed by atoms with Crippen molar-refractivity contribution in [1.29, 1.82) is 0 Å². The first-order valence-electron chi connectivity index (χ1n) is 8.99. The summed E-state index contributed by atoms with van der Waals surface area (Å²) in [5.74, 6) is 1.41. The van der Waals surface area contributed by atoms with Gasteiger partial charge in [-0.1, -0.05) is 17.7 Å². The van der Waals surface area contributed by atoms with Gasteiger partial charge in [-0.15, -0.1) is 15.3 Å². The first kappa shape index (κ1) is 17.6. The van der Waals surface area contributed by atoms with E-state index >= 15 is 0 Å². The third-order valence-electron chi connectivity index (χ3n) is 5.10. The quantitative estimate of drug-likeness (QED) is 0.526. The standard InChI is InChI=1S/C19H16ClN7O2/c1-9-18-12(11-3-4-14(28)13(20)7-11)8-17(29)21-19(18)27(24-9)16-6-5-15-23-22-10(2)26(15)25-16/h3-7,12,28H,8H2,1-2H3,(H,21,29)/t12-/m0/s1. The first-order valence-corrected chi connectivity index (χ1v) is 9.37. The van der Waals surface area contributed by atoms with Crippen LogP contribution in [0.15, 0.2) is 30.3 Å². The van der Waals surface area contributed by atoms with Crippen LogP contribution in [0.4, 0.5) is 5.82 Å². The van der Waals surface area contributed by atoms with Crippen molar-refractivity contribution in [3.05, 3.63) is 58.0 Å². The van der Waals surface area contributed by atoms with Gasteiger partial charge in [-0.05, 0) is 43.7 Å². The average molecular weight is 410 g/mol. The second-order valence-electron chi connectivity index (χ2n) is 6.98. The van der Waals surface area contributed by atoms with Gasteiger partial charge in [0.2, 0.25) is 5.91 Å². The number of phenolic OH excluding ortho intramolecular Hbond substituents is 1. The zero-order valence-electron chi connectivity index (χ0n) is 15.6. The van der Waals surface area contributed by atoms with Crippen LogP contribution in [0.3, 0.4) is 0 Å². The Bertz CT molecular complexity index is 1290. The third kappa shape index (κ3) is 2.73. The first-order chi connectivity index (χ1) is 13.9. The third-order valence-corrected chi connectivity index (χ3v) is 5.40. The number of hydrogen-bond acceptors (Lipinski definition) is 6. The fourth-order valence-corrected chi connectivity index (χ4v) is 3.93. The van der Waals surface area contributed by atoms with Crippen molar-refractivity contribution < 1.29 is 9.90 Å². The minimum Gasteiger partial charge on any atom is -0.506 e. The lowest BCUT2D eigenvalue weighted by Gasteiger charge is -2.24. The zero-order valence-corrected chi connectivity index (χ0v) is 16.3. The number of hydrogen-bond donors (Lipinski definition) is 2. The summed E-state index contributed by atoms with van der Waals surface area (Å²) in [6.45, 7) is 3.71. The van der Waals surface area contributed by atoms with Gasteiger partial charge in [0.15, 0.2) is 17.3 Å². The van der Waals surface area contributed by atoms with Gasteiger partial charge in [0, 0.05) is 17.9 Å². The monoisotopic (exact) mass is 409 g/mol. The molecule has 0 saturated carbocycles.